The standard InChI is InChI=1S/2C7H9N3S2.Ni/c2*8-3-1-5-10(7(11)12)6-2-4-9;/h2*1-2,5-6H2,(H,11,12);/q;;+2/p-2. The molecular weight excluding hydrogens is 439 g/mol. The molecule has 0 spiro atoms. The molecule has 0 bridgehead atoms. The molecule has 0 saturated carbocycles. The third-order valence-electron chi connectivity index (χ3n) is 2.49. The molecule has 0 rings (SSSR count). The summed E-state index contributed by atoms with van der Waals surface area (Å²) in [5.74, 6) is 0. The van der Waals surface area contributed by atoms with Gasteiger partial charge in [-0.15, -0.1) is 0 Å². The first-order valence-corrected chi connectivity index (χ1v) is 8.47. The topological polar surface area (TPSA) is 102 Å². The molecule has 0 aromatic rings. The van der Waals surface area contributed by atoms with Crippen molar-refractivity contribution in [3.63, 3.8) is 0 Å². The summed E-state index contributed by atoms with van der Waals surface area (Å²) in [4.78, 5) is 3.38. The van der Waals surface area contributed by atoms with Gasteiger partial charge in [-0.2, -0.15) is 21.0 Å². The molecular formula is C14H16N6NiS4. The predicted octanol–water partition coefficient (Wildman–Crippen LogP) is 1.89. The van der Waals surface area contributed by atoms with E-state index in [0.29, 0.717) is 60.5 Å². The van der Waals surface area contributed by atoms with E-state index in [0.717, 1.165) is 0 Å². The molecule has 0 atom stereocenters. The molecule has 0 aromatic carbocycles. The van der Waals surface area contributed by atoms with Crippen LogP contribution in [-0.2, 0) is 41.7 Å². The minimum atomic E-state index is 0. The fraction of sp³-hybridized carbons (Fsp3) is 0.571. The van der Waals surface area contributed by atoms with Gasteiger partial charge in [0, 0.05) is 26.2 Å². The van der Waals surface area contributed by atoms with Crippen LogP contribution in [0.1, 0.15) is 25.7 Å². The number of rotatable bonds is 8. The second-order valence-electron chi connectivity index (χ2n) is 4.14. The zero-order chi connectivity index (χ0) is 18.8. The number of hydrogen-bond donors (Lipinski definition) is 0. The average molecular weight is 455 g/mol. The number of nitrogens with zero attached hydrogens (tertiary/aromatic N) is 6. The van der Waals surface area contributed by atoms with Crippen LogP contribution in [0.5, 0.6) is 0 Å². The summed E-state index contributed by atoms with van der Waals surface area (Å²) in [5.41, 5.74) is 0. The fourth-order valence-corrected chi connectivity index (χ4v) is 2.06. The van der Waals surface area contributed by atoms with Gasteiger partial charge in [0.05, 0.1) is 50.0 Å². The van der Waals surface area contributed by atoms with E-state index in [9.17, 15) is 0 Å². The molecule has 0 aliphatic rings. The zero-order valence-corrected chi connectivity index (χ0v) is 17.5. The first kappa shape index (κ1) is 28.5. The molecule has 0 radical (unpaired) electrons. The van der Waals surface area contributed by atoms with Crippen molar-refractivity contribution in [1.82, 2.24) is 9.80 Å². The number of thiocarbonyl (C=S) groups is 2. The van der Waals surface area contributed by atoms with E-state index < -0.39 is 0 Å². The van der Waals surface area contributed by atoms with Crippen molar-refractivity contribution in [2.45, 2.75) is 25.7 Å². The molecule has 0 heterocycles. The van der Waals surface area contributed by atoms with E-state index >= 15 is 0 Å². The van der Waals surface area contributed by atoms with Crippen LogP contribution in [-0.4, -0.2) is 44.6 Å². The molecule has 11 heteroatoms. The van der Waals surface area contributed by atoms with Crippen molar-refractivity contribution in [2.75, 3.05) is 26.2 Å². The number of nitriles is 4. The predicted molar refractivity (Wildman–Crippen MR) is 104 cm³/mol. The molecule has 0 amide bonds. The third kappa shape index (κ3) is 18.8. The van der Waals surface area contributed by atoms with E-state index in [1.807, 2.05) is 24.3 Å². The Morgan fingerprint density at radius 1 is 0.640 bits per heavy atom. The van der Waals surface area contributed by atoms with Crippen LogP contribution < -0.4 is 0 Å². The van der Waals surface area contributed by atoms with Gasteiger partial charge in [-0.25, -0.2) is 0 Å². The Labute approximate surface area is 181 Å². The Balaban J connectivity index is -0.000000372. The first-order chi connectivity index (χ1) is 11.4. The normalized spacial score (nSPS) is 7.84. The van der Waals surface area contributed by atoms with Crippen LogP contribution in [0.15, 0.2) is 0 Å². The third-order valence-corrected chi connectivity index (χ3v) is 3.52. The monoisotopic (exact) mass is 454 g/mol. The van der Waals surface area contributed by atoms with E-state index in [4.69, 9.17) is 70.7 Å². The van der Waals surface area contributed by atoms with Crippen LogP contribution in [0, 0.1) is 45.3 Å². The van der Waals surface area contributed by atoms with Crippen LogP contribution in [0.2, 0.25) is 0 Å². The van der Waals surface area contributed by atoms with Gasteiger partial charge in [0.25, 0.3) is 0 Å². The maximum Gasteiger partial charge on any atom is 2.00 e. The summed E-state index contributed by atoms with van der Waals surface area (Å²) in [5, 5.41) is 33.2. The molecule has 0 aromatic heterocycles. The molecule has 0 aliphatic carbocycles. The molecule has 0 unspecified atom stereocenters. The molecule has 25 heavy (non-hydrogen) atoms. The van der Waals surface area contributed by atoms with Crippen molar-refractivity contribution in [1.29, 1.82) is 21.0 Å². The fourth-order valence-electron chi connectivity index (χ4n) is 1.33. The largest absolute Gasteiger partial charge is 2.00 e. The van der Waals surface area contributed by atoms with Crippen LogP contribution >= 0.6 is 24.4 Å². The summed E-state index contributed by atoms with van der Waals surface area (Å²) < 4.78 is 0.668. The average Bonchev–Trinajstić information content (AvgIpc) is 2.55. The van der Waals surface area contributed by atoms with Gasteiger partial charge in [0.15, 0.2) is 0 Å². The second-order valence-corrected chi connectivity index (χ2v) is 6.20. The summed E-state index contributed by atoms with van der Waals surface area (Å²) >= 11 is 19.1. The van der Waals surface area contributed by atoms with Gasteiger partial charge in [-0.05, 0) is 0 Å². The summed E-state index contributed by atoms with van der Waals surface area (Å²) in [6, 6.07) is 8.00. The Kier molecular flexibility index (Phi) is 23.6. The maximum absolute atomic E-state index is 8.30. The van der Waals surface area contributed by atoms with Crippen molar-refractivity contribution in [3.8, 4) is 24.3 Å². The minimum absolute atomic E-state index is 0. The smallest absolute Gasteiger partial charge is 0.411 e. The van der Waals surface area contributed by atoms with E-state index in [1.165, 1.54) is 0 Å². The van der Waals surface area contributed by atoms with E-state index in [2.05, 4.69) is 0 Å². The summed E-state index contributed by atoms with van der Waals surface area (Å²) in [6.07, 6.45) is 1.56. The molecule has 0 N–H and O–H groups in total. The Morgan fingerprint density at radius 3 is 0.960 bits per heavy atom. The first-order valence-electron chi connectivity index (χ1n) is 6.84. The van der Waals surface area contributed by atoms with Crippen molar-refractivity contribution in [3.05, 3.63) is 0 Å². The quantitative estimate of drug-likeness (QED) is 0.306. The van der Waals surface area contributed by atoms with Gasteiger partial charge in [-0.3, -0.25) is 0 Å². The number of hydrogen-bond acceptors (Lipinski definition) is 8. The van der Waals surface area contributed by atoms with Gasteiger partial charge < -0.3 is 59.5 Å². The van der Waals surface area contributed by atoms with Gasteiger partial charge >= 0.3 is 16.5 Å². The molecule has 136 valence electrons. The Morgan fingerprint density at radius 2 is 0.840 bits per heavy atom. The Bertz CT molecular complexity index is 472. The van der Waals surface area contributed by atoms with Crippen molar-refractivity contribution in [2.24, 2.45) is 0 Å². The van der Waals surface area contributed by atoms with Crippen molar-refractivity contribution >= 4 is 58.3 Å². The molecule has 0 fully saturated rings. The second kappa shape index (κ2) is 20.7. The van der Waals surface area contributed by atoms with E-state index in [-0.39, 0.29) is 16.5 Å². The summed E-state index contributed by atoms with van der Waals surface area (Å²) in [6.45, 7) is 2.11. The van der Waals surface area contributed by atoms with Gasteiger partial charge in [0.1, 0.15) is 0 Å². The summed E-state index contributed by atoms with van der Waals surface area (Å²) in [7, 11) is 0. The Hall–Kier alpha value is -1.33. The minimum Gasteiger partial charge on any atom is -0.411 e. The van der Waals surface area contributed by atoms with Gasteiger partial charge in [0.2, 0.25) is 0 Å². The van der Waals surface area contributed by atoms with Crippen molar-refractivity contribution < 1.29 is 16.5 Å². The van der Waals surface area contributed by atoms with Crippen LogP contribution in [0.4, 0.5) is 0 Å². The molecule has 6 nitrogen and oxygen atoms in total. The van der Waals surface area contributed by atoms with Crippen LogP contribution in [0.25, 0.3) is 0 Å². The zero-order valence-electron chi connectivity index (χ0n) is 13.3. The molecule has 0 aliphatic heterocycles. The van der Waals surface area contributed by atoms with E-state index in [1.54, 1.807) is 9.80 Å². The van der Waals surface area contributed by atoms with Crippen LogP contribution in [0.3, 0.4) is 0 Å². The van der Waals surface area contributed by atoms with Gasteiger partial charge in [-0.1, -0.05) is 8.64 Å². The SMILES string of the molecule is N#CCCN(CCC#N)C(=S)[S-].N#CCCN(CCC#N)C(=S)[S-].[Ni+2]. The molecule has 0 saturated heterocycles. The maximum atomic E-state index is 8.30.